The van der Waals surface area contributed by atoms with Crippen LogP contribution in [0.4, 0.5) is 15.8 Å². The van der Waals surface area contributed by atoms with Gasteiger partial charge in [0.05, 0.1) is 37.8 Å². The predicted molar refractivity (Wildman–Crippen MR) is 223 cm³/mol. The van der Waals surface area contributed by atoms with Crippen LogP contribution < -0.4 is 30.4 Å². The molecule has 13 heteroatoms. The molecule has 0 saturated carbocycles. The Kier molecular flexibility index (Phi) is 13.6. The predicted octanol–water partition coefficient (Wildman–Crippen LogP) is 7.95. The van der Waals surface area contributed by atoms with Crippen LogP contribution in [0, 0.1) is 5.82 Å². The van der Waals surface area contributed by atoms with Crippen molar-refractivity contribution in [3.63, 3.8) is 0 Å². The molecule has 0 aliphatic carbocycles. The molecule has 2 aliphatic heterocycles. The number of methoxy groups -OCH3 is 2. The van der Waals surface area contributed by atoms with Gasteiger partial charge in [0.25, 0.3) is 11.8 Å². The van der Waals surface area contributed by atoms with Crippen LogP contribution in [-0.2, 0) is 6.61 Å². The molecule has 2 aliphatic rings. The smallest absolute Gasteiger partial charge is 0.276 e. The average molecular weight is 787 g/mol. The molecular weight excluding hydrogens is 740 g/mol. The van der Waals surface area contributed by atoms with Gasteiger partial charge in [0, 0.05) is 41.2 Å². The summed E-state index contributed by atoms with van der Waals surface area (Å²) in [5.74, 6) is 1.29. The van der Waals surface area contributed by atoms with E-state index in [1.54, 1.807) is 38.5 Å². The normalized spacial score (nSPS) is 13.7. The molecule has 5 aromatic rings. The van der Waals surface area contributed by atoms with E-state index in [0.29, 0.717) is 67.0 Å². The molecule has 12 nitrogen and oxygen atoms in total. The van der Waals surface area contributed by atoms with E-state index in [4.69, 9.17) is 30.4 Å². The first-order valence-electron chi connectivity index (χ1n) is 19.0. The second-order valence-corrected chi connectivity index (χ2v) is 13.5. The number of nitrogens with two attached hydrogens (primary N) is 2. The zero-order valence-corrected chi connectivity index (χ0v) is 32.8. The van der Waals surface area contributed by atoms with Crippen molar-refractivity contribution in [2.24, 2.45) is 10.2 Å². The van der Waals surface area contributed by atoms with Gasteiger partial charge in [-0.15, -0.1) is 0 Å². The van der Waals surface area contributed by atoms with Gasteiger partial charge < -0.3 is 30.4 Å². The summed E-state index contributed by atoms with van der Waals surface area (Å²) in [5, 5.41) is 11.9. The van der Waals surface area contributed by atoms with Crippen LogP contribution in [0.1, 0.15) is 70.0 Å². The molecule has 0 atom stereocenters. The number of hydrazone groups is 2. The highest BCUT2D eigenvalue weighted by molar-refractivity contribution is 6.04. The Bertz CT molecular complexity index is 2280. The summed E-state index contributed by atoms with van der Waals surface area (Å²) in [6.07, 6.45) is 3.07. The largest absolute Gasteiger partial charge is 0.493 e. The van der Waals surface area contributed by atoms with Crippen LogP contribution in [0.2, 0.25) is 0 Å². The highest BCUT2D eigenvalue weighted by Gasteiger charge is 2.24. The van der Waals surface area contributed by atoms with Crippen molar-refractivity contribution < 1.29 is 32.9 Å². The van der Waals surface area contributed by atoms with E-state index in [9.17, 15) is 14.0 Å². The Morgan fingerprint density at radius 1 is 0.655 bits per heavy atom. The minimum Gasteiger partial charge on any atom is -0.493 e. The molecule has 0 spiro atoms. The number of anilines is 2. The third-order valence-electron chi connectivity index (χ3n) is 9.43. The Labute approximate surface area is 337 Å². The number of nitrogens with zero attached hydrogens (tertiary/aromatic N) is 4. The van der Waals surface area contributed by atoms with Crippen molar-refractivity contribution in [1.29, 1.82) is 0 Å². The van der Waals surface area contributed by atoms with Crippen molar-refractivity contribution in [3.8, 4) is 23.0 Å². The van der Waals surface area contributed by atoms with E-state index in [1.807, 2.05) is 73.7 Å². The Balaban J connectivity index is 0.000000198. The summed E-state index contributed by atoms with van der Waals surface area (Å²) < 4.78 is 36.5. The van der Waals surface area contributed by atoms with Crippen molar-refractivity contribution >= 4 is 34.6 Å². The molecule has 58 heavy (non-hydrogen) atoms. The van der Waals surface area contributed by atoms with Crippen molar-refractivity contribution in [1.82, 2.24) is 10.0 Å². The molecule has 7 rings (SSSR count). The summed E-state index contributed by atoms with van der Waals surface area (Å²) in [4.78, 5) is 25.5. The molecule has 4 N–H and O–H groups in total. The van der Waals surface area contributed by atoms with Gasteiger partial charge in [-0.3, -0.25) is 9.59 Å². The quantitative estimate of drug-likeness (QED) is 0.128. The van der Waals surface area contributed by atoms with Crippen molar-refractivity contribution in [3.05, 3.63) is 143 Å². The van der Waals surface area contributed by atoms with E-state index >= 15 is 0 Å². The lowest BCUT2D eigenvalue weighted by atomic mass is 10.0. The van der Waals surface area contributed by atoms with Gasteiger partial charge in [-0.2, -0.15) is 10.2 Å². The maximum atomic E-state index is 14.1. The molecule has 0 unspecified atom stereocenters. The number of halogens is 1. The maximum absolute atomic E-state index is 14.1. The van der Waals surface area contributed by atoms with E-state index < -0.39 is 11.7 Å². The van der Waals surface area contributed by atoms with Crippen LogP contribution in [-0.4, -0.2) is 67.2 Å². The number of benzene rings is 5. The molecule has 2 amide bonds. The van der Waals surface area contributed by atoms with Gasteiger partial charge in [0.2, 0.25) is 0 Å². The molecule has 0 radical (unpaired) electrons. The van der Waals surface area contributed by atoms with E-state index in [2.05, 4.69) is 10.2 Å². The average Bonchev–Trinajstić information content (AvgIpc) is 3.26. The van der Waals surface area contributed by atoms with E-state index in [-0.39, 0.29) is 17.2 Å². The monoisotopic (exact) mass is 786 g/mol. The molecule has 0 bridgehead atoms. The van der Waals surface area contributed by atoms with Crippen LogP contribution in [0.5, 0.6) is 23.0 Å². The standard InChI is InChI=1S/C25H25N3O3.C20H22FN3O3/c1-30-23-14-11-20(16-24(23)31-17-18-6-3-2-4-7-18)22-8-5-15-28(27-22)25(29)19-9-12-21(26)13-10-19;1-3-27-19-11-13(6-9-18(19)26-2)17-5-4-10-24(23-17)20(25)15-8-7-14(22)12-16(15)21/h2-4,6-7,9-14,16H,5,8,15,17,26H2,1H3;6-9,11-12H,3-5,10,22H2,1-2H3. The number of carbonyl (C=O) groups excluding carboxylic acids is 2. The lowest BCUT2D eigenvalue weighted by molar-refractivity contribution is 0.0741. The third-order valence-corrected chi connectivity index (χ3v) is 9.43. The van der Waals surface area contributed by atoms with Gasteiger partial charge in [-0.05, 0) is 117 Å². The highest BCUT2D eigenvalue weighted by Crippen LogP contribution is 2.32. The maximum Gasteiger partial charge on any atom is 0.276 e. The number of hydrogen-bond acceptors (Lipinski definition) is 10. The first-order valence-corrected chi connectivity index (χ1v) is 19.0. The zero-order valence-electron chi connectivity index (χ0n) is 32.8. The Morgan fingerprint density at radius 2 is 1.21 bits per heavy atom. The highest BCUT2D eigenvalue weighted by atomic mass is 19.1. The molecule has 0 saturated heterocycles. The number of rotatable bonds is 11. The Morgan fingerprint density at radius 3 is 1.76 bits per heavy atom. The second kappa shape index (κ2) is 19.3. The zero-order chi connectivity index (χ0) is 41.0. The topological polar surface area (TPSA) is 154 Å². The lowest BCUT2D eigenvalue weighted by Gasteiger charge is -2.24. The summed E-state index contributed by atoms with van der Waals surface area (Å²) in [6.45, 7) is 3.86. The van der Waals surface area contributed by atoms with Gasteiger partial charge in [-0.1, -0.05) is 30.3 Å². The fourth-order valence-corrected chi connectivity index (χ4v) is 6.43. The molecule has 2 heterocycles. The fourth-order valence-electron chi connectivity index (χ4n) is 6.43. The van der Waals surface area contributed by atoms with Crippen molar-refractivity contribution in [2.45, 2.75) is 39.2 Å². The lowest BCUT2D eigenvalue weighted by Crippen LogP contribution is -2.32. The summed E-state index contributed by atoms with van der Waals surface area (Å²) in [7, 11) is 3.20. The Hall–Kier alpha value is -6.89. The SMILES string of the molecule is CCOc1cc(C2=NN(C(=O)c3ccc(N)cc3F)CCC2)ccc1OC.COc1ccc(C2=NN(C(=O)c3ccc(N)cc3)CCC2)cc1OCc1ccccc1. The number of ether oxygens (including phenoxy) is 4. The van der Waals surface area contributed by atoms with Gasteiger partial charge >= 0.3 is 0 Å². The van der Waals surface area contributed by atoms with Crippen LogP contribution in [0.25, 0.3) is 0 Å². The van der Waals surface area contributed by atoms with Gasteiger partial charge in [0.1, 0.15) is 12.4 Å². The fraction of sp³-hybridized carbons (Fsp3) is 0.244. The third kappa shape index (κ3) is 10.1. The summed E-state index contributed by atoms with van der Waals surface area (Å²) in [6, 6.07) is 32.2. The van der Waals surface area contributed by atoms with Gasteiger partial charge in [0.15, 0.2) is 23.0 Å². The molecule has 5 aromatic carbocycles. The van der Waals surface area contributed by atoms with Crippen LogP contribution in [0.3, 0.4) is 0 Å². The number of nitrogen functional groups attached to an aromatic ring is 2. The van der Waals surface area contributed by atoms with E-state index in [0.717, 1.165) is 53.4 Å². The minimum absolute atomic E-state index is 0.0427. The molecule has 300 valence electrons. The summed E-state index contributed by atoms with van der Waals surface area (Å²) in [5.41, 5.74) is 17.1. The number of amides is 2. The van der Waals surface area contributed by atoms with Crippen molar-refractivity contribution in [2.75, 3.05) is 45.4 Å². The number of hydrogen-bond donors (Lipinski definition) is 2. The van der Waals surface area contributed by atoms with Crippen LogP contribution >= 0.6 is 0 Å². The molecule has 0 aromatic heterocycles. The number of carbonyl (C=O) groups is 2. The minimum atomic E-state index is -0.648. The molecule has 0 fully saturated rings. The van der Waals surface area contributed by atoms with Crippen LogP contribution in [0.15, 0.2) is 119 Å². The second-order valence-electron chi connectivity index (χ2n) is 13.5. The van der Waals surface area contributed by atoms with E-state index in [1.165, 1.54) is 22.2 Å². The molecular formula is C45H47FN6O6. The van der Waals surface area contributed by atoms with Gasteiger partial charge in [-0.25, -0.2) is 14.4 Å². The first-order chi connectivity index (χ1) is 28.2. The summed E-state index contributed by atoms with van der Waals surface area (Å²) >= 11 is 0. The first kappa shape index (κ1) is 40.8.